The van der Waals surface area contributed by atoms with Crippen LogP contribution in [0.25, 0.3) is 0 Å². The van der Waals surface area contributed by atoms with E-state index in [2.05, 4.69) is 10.0 Å². The second-order valence-corrected chi connectivity index (χ2v) is 9.67. The first-order valence-electron chi connectivity index (χ1n) is 10.6. The minimum Gasteiger partial charge on any atom is -0.493 e. The van der Waals surface area contributed by atoms with E-state index in [-0.39, 0.29) is 30.5 Å². The molecule has 1 fully saturated rings. The summed E-state index contributed by atoms with van der Waals surface area (Å²) >= 11 is 0. The van der Waals surface area contributed by atoms with Gasteiger partial charge in [0.25, 0.3) is 0 Å². The van der Waals surface area contributed by atoms with Gasteiger partial charge in [0.15, 0.2) is 11.5 Å². The molecule has 0 aliphatic carbocycles. The monoisotopic (exact) mass is 475 g/mol. The van der Waals surface area contributed by atoms with Crippen molar-refractivity contribution in [2.45, 2.75) is 26.7 Å². The quantitative estimate of drug-likeness (QED) is 0.576. The highest BCUT2D eigenvalue weighted by Crippen LogP contribution is 2.34. The van der Waals surface area contributed by atoms with E-state index in [4.69, 9.17) is 9.47 Å². The van der Waals surface area contributed by atoms with E-state index in [1.807, 2.05) is 0 Å². The van der Waals surface area contributed by atoms with Gasteiger partial charge < -0.3 is 19.7 Å². The van der Waals surface area contributed by atoms with Gasteiger partial charge in [-0.25, -0.2) is 8.42 Å². The molecule has 33 heavy (non-hydrogen) atoms. The lowest BCUT2D eigenvalue weighted by molar-refractivity contribution is -0.122. The third kappa shape index (κ3) is 5.57. The number of amides is 2. The Hall–Kier alpha value is -3.27. The number of methoxy groups -OCH3 is 2. The van der Waals surface area contributed by atoms with Crippen LogP contribution in [0.3, 0.4) is 0 Å². The van der Waals surface area contributed by atoms with Crippen LogP contribution < -0.4 is 24.4 Å². The maximum atomic E-state index is 12.9. The van der Waals surface area contributed by atoms with Crippen LogP contribution in [0.4, 0.5) is 17.1 Å². The highest BCUT2D eigenvalue weighted by Gasteiger charge is 2.35. The van der Waals surface area contributed by atoms with Gasteiger partial charge in [-0.05, 0) is 43.2 Å². The number of hydrogen-bond acceptors (Lipinski definition) is 6. The molecule has 0 saturated carbocycles. The van der Waals surface area contributed by atoms with E-state index in [0.29, 0.717) is 40.5 Å². The van der Waals surface area contributed by atoms with Crippen molar-refractivity contribution in [1.29, 1.82) is 0 Å². The first-order valence-corrected chi connectivity index (χ1v) is 12.3. The third-order valence-electron chi connectivity index (χ3n) is 5.50. The van der Waals surface area contributed by atoms with Crippen molar-refractivity contribution in [3.63, 3.8) is 0 Å². The van der Waals surface area contributed by atoms with E-state index in [1.165, 1.54) is 14.2 Å². The SMILES string of the molecule is CCCS(=O)(=O)Nc1cccc(NC(=O)C2CC(=O)N(c3ccc(OC)c(OC)c3)C2)c1C. The molecule has 2 amide bonds. The van der Waals surface area contributed by atoms with Crippen LogP contribution in [0, 0.1) is 12.8 Å². The van der Waals surface area contributed by atoms with Gasteiger partial charge in [-0.1, -0.05) is 13.0 Å². The highest BCUT2D eigenvalue weighted by atomic mass is 32.2. The minimum atomic E-state index is -3.46. The van der Waals surface area contributed by atoms with Gasteiger partial charge in [0, 0.05) is 30.4 Å². The van der Waals surface area contributed by atoms with Gasteiger partial charge in [0.2, 0.25) is 21.8 Å². The fourth-order valence-electron chi connectivity index (χ4n) is 3.73. The van der Waals surface area contributed by atoms with Crippen LogP contribution in [0.15, 0.2) is 36.4 Å². The smallest absolute Gasteiger partial charge is 0.232 e. The Morgan fingerprint density at radius 3 is 2.48 bits per heavy atom. The van der Waals surface area contributed by atoms with E-state index in [0.717, 1.165) is 0 Å². The largest absolute Gasteiger partial charge is 0.493 e. The van der Waals surface area contributed by atoms with E-state index < -0.39 is 15.9 Å². The summed E-state index contributed by atoms with van der Waals surface area (Å²) in [7, 11) is -0.409. The molecule has 0 spiro atoms. The van der Waals surface area contributed by atoms with Crippen LogP contribution in [0.1, 0.15) is 25.3 Å². The number of carbonyl (C=O) groups is 2. The molecule has 1 aliphatic heterocycles. The maximum absolute atomic E-state index is 12.9. The fraction of sp³-hybridized carbons (Fsp3) is 0.391. The summed E-state index contributed by atoms with van der Waals surface area (Å²) in [5.41, 5.74) is 2.13. The summed E-state index contributed by atoms with van der Waals surface area (Å²) in [4.78, 5) is 27.1. The maximum Gasteiger partial charge on any atom is 0.232 e. The molecular formula is C23H29N3O6S. The molecule has 3 rings (SSSR count). The van der Waals surface area contributed by atoms with Gasteiger partial charge in [-0.15, -0.1) is 0 Å². The number of sulfonamides is 1. The summed E-state index contributed by atoms with van der Waals surface area (Å²) < 4.78 is 37.4. The lowest BCUT2D eigenvalue weighted by Crippen LogP contribution is -2.28. The number of carbonyl (C=O) groups excluding carboxylic acids is 2. The molecule has 0 radical (unpaired) electrons. The van der Waals surface area contributed by atoms with E-state index in [1.54, 1.807) is 55.1 Å². The van der Waals surface area contributed by atoms with Crippen molar-refractivity contribution in [2.24, 2.45) is 5.92 Å². The third-order valence-corrected chi connectivity index (χ3v) is 6.98. The predicted molar refractivity (Wildman–Crippen MR) is 128 cm³/mol. The van der Waals surface area contributed by atoms with Gasteiger partial charge in [0.05, 0.1) is 31.6 Å². The lowest BCUT2D eigenvalue weighted by Gasteiger charge is -2.19. The average molecular weight is 476 g/mol. The van der Waals surface area contributed by atoms with Crippen molar-refractivity contribution >= 4 is 38.9 Å². The first-order chi connectivity index (χ1) is 15.7. The summed E-state index contributed by atoms with van der Waals surface area (Å²) in [6, 6.07) is 10.2. The van der Waals surface area contributed by atoms with Crippen molar-refractivity contribution in [1.82, 2.24) is 0 Å². The number of nitrogens with one attached hydrogen (secondary N) is 2. The minimum absolute atomic E-state index is 0.0131. The predicted octanol–water partition coefficient (Wildman–Crippen LogP) is 3.16. The molecule has 2 N–H and O–H groups in total. The summed E-state index contributed by atoms with van der Waals surface area (Å²) in [6.45, 7) is 3.74. The van der Waals surface area contributed by atoms with Crippen LogP contribution in [0.5, 0.6) is 11.5 Å². The first kappa shape index (κ1) is 24.4. The topological polar surface area (TPSA) is 114 Å². The number of benzene rings is 2. The molecule has 178 valence electrons. The van der Waals surface area contributed by atoms with E-state index in [9.17, 15) is 18.0 Å². The average Bonchev–Trinajstić information content (AvgIpc) is 3.17. The molecule has 1 saturated heterocycles. The number of ether oxygens (including phenoxy) is 2. The number of rotatable bonds is 9. The van der Waals surface area contributed by atoms with Crippen molar-refractivity contribution in [2.75, 3.05) is 41.5 Å². The van der Waals surface area contributed by atoms with Crippen LogP contribution in [0.2, 0.25) is 0 Å². The Morgan fingerprint density at radius 2 is 1.82 bits per heavy atom. The summed E-state index contributed by atoms with van der Waals surface area (Å²) in [6.07, 6.45) is 0.569. The van der Waals surface area contributed by atoms with Gasteiger partial charge >= 0.3 is 0 Å². The zero-order chi connectivity index (χ0) is 24.2. The Labute approximate surface area is 194 Å². The Morgan fingerprint density at radius 1 is 1.12 bits per heavy atom. The molecule has 1 unspecified atom stereocenters. The van der Waals surface area contributed by atoms with Gasteiger partial charge in [-0.3, -0.25) is 14.3 Å². The molecule has 1 atom stereocenters. The zero-order valence-electron chi connectivity index (χ0n) is 19.2. The molecule has 0 bridgehead atoms. The molecule has 2 aromatic carbocycles. The molecule has 9 nitrogen and oxygen atoms in total. The molecule has 1 heterocycles. The van der Waals surface area contributed by atoms with Crippen molar-refractivity contribution < 1.29 is 27.5 Å². The fourth-order valence-corrected chi connectivity index (χ4v) is 4.92. The summed E-state index contributed by atoms with van der Waals surface area (Å²) in [5.74, 6) is 0.0357. The van der Waals surface area contributed by atoms with Gasteiger partial charge in [-0.2, -0.15) is 0 Å². The standard InChI is InChI=1S/C23H29N3O6S/c1-5-11-33(29,30)25-19-8-6-7-18(15(19)2)24-23(28)16-12-22(27)26(14-16)17-9-10-20(31-3)21(13-17)32-4/h6-10,13,16,25H,5,11-12,14H2,1-4H3,(H,24,28). The Balaban J connectivity index is 1.73. The summed E-state index contributed by atoms with van der Waals surface area (Å²) in [5, 5.41) is 2.85. The normalized spacial score (nSPS) is 15.9. The van der Waals surface area contributed by atoms with Crippen molar-refractivity contribution in [3.05, 3.63) is 42.0 Å². The molecular weight excluding hydrogens is 446 g/mol. The molecule has 0 aromatic heterocycles. The van der Waals surface area contributed by atoms with Crippen LogP contribution >= 0.6 is 0 Å². The zero-order valence-corrected chi connectivity index (χ0v) is 20.0. The molecule has 10 heteroatoms. The van der Waals surface area contributed by atoms with Gasteiger partial charge in [0.1, 0.15) is 0 Å². The number of anilines is 3. The van der Waals surface area contributed by atoms with E-state index >= 15 is 0 Å². The van der Waals surface area contributed by atoms with Crippen LogP contribution in [-0.4, -0.2) is 46.7 Å². The molecule has 2 aromatic rings. The lowest BCUT2D eigenvalue weighted by atomic mass is 10.1. The van der Waals surface area contributed by atoms with Crippen LogP contribution in [-0.2, 0) is 19.6 Å². The Bertz CT molecular complexity index is 1150. The second kappa shape index (κ2) is 10.1. The Kier molecular flexibility index (Phi) is 7.47. The number of hydrogen-bond donors (Lipinski definition) is 2. The molecule has 1 aliphatic rings. The van der Waals surface area contributed by atoms with Crippen molar-refractivity contribution in [3.8, 4) is 11.5 Å². The number of nitrogens with zero attached hydrogens (tertiary/aromatic N) is 1. The highest BCUT2D eigenvalue weighted by molar-refractivity contribution is 7.92. The second-order valence-electron chi connectivity index (χ2n) is 7.83.